The Balaban J connectivity index is 2.02. The van der Waals surface area contributed by atoms with Crippen molar-refractivity contribution >= 4 is 27.5 Å². The summed E-state index contributed by atoms with van der Waals surface area (Å²) in [5, 5.41) is 1.70. The van der Waals surface area contributed by atoms with Crippen molar-refractivity contribution in [3.05, 3.63) is 67.7 Å². The van der Waals surface area contributed by atoms with Crippen LogP contribution in [0.25, 0.3) is 10.2 Å². The molecule has 1 amide bonds. The molecule has 21 heavy (non-hydrogen) atoms. The molecule has 0 unspecified atom stereocenters. The first-order valence-corrected chi connectivity index (χ1v) is 7.05. The summed E-state index contributed by atoms with van der Waals surface area (Å²) in [6, 6.07) is 8.48. The lowest BCUT2D eigenvalue weighted by molar-refractivity contribution is 0.101. The molecule has 0 radical (unpaired) electrons. The van der Waals surface area contributed by atoms with Gasteiger partial charge in [-0.3, -0.25) is 15.0 Å². The van der Waals surface area contributed by atoms with Crippen LogP contribution in [-0.2, 0) is 0 Å². The Bertz CT molecular complexity index is 934. The van der Waals surface area contributed by atoms with E-state index in [2.05, 4.69) is 10.4 Å². The van der Waals surface area contributed by atoms with Crippen LogP contribution in [0.1, 0.15) is 15.9 Å². The standard InChI is InChI=1S/C14H11N3O3S/c1-8-2-4-9(5-3-8)12(18)16-17-13(19)11-10(6-7-21-11)15-14(17)20/h2-7H,1H3,(H,15,20)(H,16,18). The maximum absolute atomic E-state index is 12.2. The van der Waals surface area contributed by atoms with Crippen molar-refractivity contribution in [2.75, 3.05) is 5.43 Å². The van der Waals surface area contributed by atoms with Crippen molar-refractivity contribution < 1.29 is 4.79 Å². The molecule has 0 spiro atoms. The molecule has 0 aliphatic carbocycles. The normalized spacial score (nSPS) is 10.7. The molecule has 7 heteroatoms. The van der Waals surface area contributed by atoms with Gasteiger partial charge >= 0.3 is 5.69 Å². The first-order valence-electron chi connectivity index (χ1n) is 6.17. The molecule has 0 aliphatic rings. The van der Waals surface area contributed by atoms with E-state index in [1.54, 1.807) is 35.7 Å². The number of nitrogens with zero attached hydrogens (tertiary/aromatic N) is 1. The molecule has 106 valence electrons. The van der Waals surface area contributed by atoms with E-state index in [4.69, 9.17) is 0 Å². The van der Waals surface area contributed by atoms with E-state index in [-0.39, 0.29) is 0 Å². The van der Waals surface area contributed by atoms with Gasteiger partial charge in [-0.15, -0.1) is 11.3 Å². The predicted molar refractivity (Wildman–Crippen MR) is 81.6 cm³/mol. The topological polar surface area (TPSA) is 84.0 Å². The number of amides is 1. The molecule has 0 saturated heterocycles. The zero-order chi connectivity index (χ0) is 15.0. The van der Waals surface area contributed by atoms with Crippen LogP contribution < -0.4 is 16.7 Å². The number of hydrogen-bond acceptors (Lipinski definition) is 4. The summed E-state index contributed by atoms with van der Waals surface area (Å²) in [5.74, 6) is -0.515. The number of aryl methyl sites for hydroxylation is 1. The second kappa shape index (κ2) is 5.02. The lowest BCUT2D eigenvalue weighted by atomic mass is 10.1. The minimum absolute atomic E-state index is 0.373. The predicted octanol–water partition coefficient (Wildman–Crippen LogP) is 1.44. The van der Waals surface area contributed by atoms with Gasteiger partial charge < -0.3 is 4.98 Å². The van der Waals surface area contributed by atoms with E-state index in [9.17, 15) is 14.4 Å². The number of nitrogens with one attached hydrogen (secondary N) is 2. The molecule has 0 fully saturated rings. The number of aromatic amines is 1. The number of hydrogen-bond donors (Lipinski definition) is 2. The van der Waals surface area contributed by atoms with Gasteiger partial charge in [-0.2, -0.15) is 4.68 Å². The van der Waals surface area contributed by atoms with Crippen LogP contribution in [0, 0.1) is 6.92 Å². The zero-order valence-electron chi connectivity index (χ0n) is 11.0. The highest BCUT2D eigenvalue weighted by atomic mass is 32.1. The van der Waals surface area contributed by atoms with E-state index < -0.39 is 17.2 Å². The molecule has 0 bridgehead atoms. The maximum atomic E-state index is 12.2. The summed E-state index contributed by atoms with van der Waals surface area (Å²) in [7, 11) is 0. The quantitative estimate of drug-likeness (QED) is 0.751. The van der Waals surface area contributed by atoms with E-state index in [1.807, 2.05) is 6.92 Å². The van der Waals surface area contributed by atoms with Gasteiger partial charge in [-0.25, -0.2) is 4.79 Å². The Morgan fingerprint density at radius 2 is 1.90 bits per heavy atom. The first-order chi connectivity index (χ1) is 10.1. The third-order valence-corrected chi connectivity index (χ3v) is 3.94. The van der Waals surface area contributed by atoms with Gasteiger partial charge in [0, 0.05) is 5.56 Å². The molecule has 0 aliphatic heterocycles. The third kappa shape index (κ3) is 2.38. The summed E-state index contributed by atoms with van der Waals surface area (Å²) in [4.78, 5) is 38.7. The molecule has 2 aromatic heterocycles. The summed E-state index contributed by atoms with van der Waals surface area (Å²) in [6.45, 7) is 1.90. The maximum Gasteiger partial charge on any atom is 0.348 e. The lowest BCUT2D eigenvalue weighted by Gasteiger charge is -2.07. The fraction of sp³-hybridized carbons (Fsp3) is 0.0714. The van der Waals surface area contributed by atoms with Gasteiger partial charge in [0.25, 0.3) is 11.5 Å². The molecule has 2 heterocycles. The number of H-pyrrole nitrogens is 1. The van der Waals surface area contributed by atoms with Gasteiger partial charge in [0.2, 0.25) is 0 Å². The van der Waals surface area contributed by atoms with Crippen LogP contribution >= 0.6 is 11.3 Å². The number of fused-ring (bicyclic) bond motifs is 1. The number of carbonyl (C=O) groups is 1. The van der Waals surface area contributed by atoms with Crippen molar-refractivity contribution in [2.24, 2.45) is 0 Å². The van der Waals surface area contributed by atoms with Crippen molar-refractivity contribution in [1.82, 2.24) is 9.66 Å². The van der Waals surface area contributed by atoms with Crippen LogP contribution in [0.2, 0.25) is 0 Å². The fourth-order valence-electron chi connectivity index (χ4n) is 1.91. The molecule has 0 atom stereocenters. The van der Waals surface area contributed by atoms with E-state index >= 15 is 0 Å². The van der Waals surface area contributed by atoms with E-state index in [0.29, 0.717) is 20.5 Å². The number of benzene rings is 1. The number of carbonyl (C=O) groups excluding carboxylic acids is 1. The minimum atomic E-state index is -0.675. The van der Waals surface area contributed by atoms with E-state index in [0.717, 1.165) is 5.56 Å². The Labute approximate surface area is 122 Å². The van der Waals surface area contributed by atoms with Gasteiger partial charge in [0.1, 0.15) is 4.70 Å². The van der Waals surface area contributed by atoms with Gasteiger partial charge in [-0.05, 0) is 30.5 Å². The SMILES string of the molecule is Cc1ccc(C(=O)Nn2c(=O)[nH]c3ccsc3c2=O)cc1. The van der Waals surface area contributed by atoms with Crippen molar-refractivity contribution in [2.45, 2.75) is 6.92 Å². The highest BCUT2D eigenvalue weighted by Gasteiger charge is 2.12. The number of rotatable bonds is 2. The average molecular weight is 301 g/mol. The molecular weight excluding hydrogens is 290 g/mol. The second-order valence-electron chi connectivity index (χ2n) is 4.54. The molecule has 3 aromatic rings. The van der Waals surface area contributed by atoms with Crippen molar-refractivity contribution in [3.63, 3.8) is 0 Å². The van der Waals surface area contributed by atoms with Crippen LogP contribution in [0.5, 0.6) is 0 Å². The molecule has 0 saturated carbocycles. The van der Waals surface area contributed by atoms with Gasteiger partial charge in [0.15, 0.2) is 0 Å². The fourth-order valence-corrected chi connectivity index (χ4v) is 2.69. The average Bonchev–Trinajstić information content (AvgIpc) is 2.92. The molecule has 1 aromatic carbocycles. The summed E-state index contributed by atoms with van der Waals surface area (Å²) >= 11 is 1.21. The Morgan fingerprint density at radius 3 is 2.62 bits per heavy atom. The van der Waals surface area contributed by atoms with Crippen LogP contribution in [0.3, 0.4) is 0 Å². The number of aromatic nitrogens is 2. The van der Waals surface area contributed by atoms with Crippen LogP contribution in [0.4, 0.5) is 0 Å². The lowest BCUT2D eigenvalue weighted by Crippen LogP contribution is -2.43. The van der Waals surface area contributed by atoms with Crippen molar-refractivity contribution in [3.8, 4) is 0 Å². The second-order valence-corrected chi connectivity index (χ2v) is 5.46. The molecular formula is C14H11N3O3S. The van der Waals surface area contributed by atoms with Crippen molar-refractivity contribution in [1.29, 1.82) is 0 Å². The molecule has 2 N–H and O–H groups in total. The Hall–Kier alpha value is -2.67. The highest BCUT2D eigenvalue weighted by molar-refractivity contribution is 7.17. The third-order valence-electron chi connectivity index (χ3n) is 3.03. The molecule has 6 nitrogen and oxygen atoms in total. The Kier molecular flexibility index (Phi) is 3.19. The summed E-state index contributed by atoms with van der Waals surface area (Å²) < 4.78 is 1.08. The summed E-state index contributed by atoms with van der Waals surface area (Å²) in [5.41, 5.74) is 2.97. The molecule has 3 rings (SSSR count). The highest BCUT2D eigenvalue weighted by Crippen LogP contribution is 2.11. The first kappa shape index (κ1) is 13.3. The monoisotopic (exact) mass is 301 g/mol. The Morgan fingerprint density at radius 1 is 1.19 bits per heavy atom. The summed E-state index contributed by atoms with van der Waals surface area (Å²) in [6.07, 6.45) is 0. The van der Waals surface area contributed by atoms with E-state index in [1.165, 1.54) is 11.3 Å². The van der Waals surface area contributed by atoms with Gasteiger partial charge in [-0.1, -0.05) is 17.7 Å². The number of thiophene rings is 1. The van der Waals surface area contributed by atoms with Gasteiger partial charge in [0.05, 0.1) is 5.52 Å². The zero-order valence-corrected chi connectivity index (χ0v) is 11.9. The van der Waals surface area contributed by atoms with Crippen LogP contribution in [-0.4, -0.2) is 15.6 Å². The largest absolute Gasteiger partial charge is 0.348 e. The smallest absolute Gasteiger partial charge is 0.304 e. The van der Waals surface area contributed by atoms with Crippen LogP contribution in [0.15, 0.2) is 45.3 Å². The minimum Gasteiger partial charge on any atom is -0.304 e.